The Kier molecular flexibility index (Phi) is 7.06. The van der Waals surface area contributed by atoms with Gasteiger partial charge in [0.1, 0.15) is 4.88 Å². The average Bonchev–Trinajstić information content (AvgIpc) is 3.16. The summed E-state index contributed by atoms with van der Waals surface area (Å²) in [5.41, 5.74) is 0.646. The van der Waals surface area contributed by atoms with Gasteiger partial charge in [0.25, 0.3) is 5.91 Å². The van der Waals surface area contributed by atoms with E-state index in [-0.39, 0.29) is 18.2 Å². The minimum atomic E-state index is -4.35. The summed E-state index contributed by atoms with van der Waals surface area (Å²) in [4.78, 5) is 26.9. The van der Waals surface area contributed by atoms with Crippen LogP contribution in [0.15, 0.2) is 24.3 Å². The highest BCUT2D eigenvalue weighted by Crippen LogP contribution is 2.29. The zero-order valence-corrected chi connectivity index (χ0v) is 17.4. The van der Waals surface area contributed by atoms with Gasteiger partial charge in [-0.2, -0.15) is 13.2 Å². The lowest BCUT2D eigenvalue weighted by molar-refractivity contribution is -0.137. The van der Waals surface area contributed by atoms with Gasteiger partial charge in [0.2, 0.25) is 5.91 Å². The van der Waals surface area contributed by atoms with Crippen molar-refractivity contribution in [3.8, 4) is 0 Å². The standard InChI is InChI=1S/C20H23F3N4O2S/c1-13-18(30-26-25-13)19(29)27-10-8-15(9-11-27)12-24-17(28)7-4-14-2-5-16(6-3-14)20(21,22)23/h2-3,5-6,15H,4,7-12H2,1H3,(H,24,28). The predicted molar refractivity (Wildman–Crippen MR) is 106 cm³/mol. The molecule has 3 rings (SSSR count). The van der Waals surface area contributed by atoms with E-state index >= 15 is 0 Å². The molecular formula is C20H23F3N4O2S. The predicted octanol–water partition coefficient (Wildman–Crippen LogP) is 3.47. The van der Waals surface area contributed by atoms with Gasteiger partial charge in [-0.1, -0.05) is 16.6 Å². The Morgan fingerprint density at radius 2 is 1.87 bits per heavy atom. The topological polar surface area (TPSA) is 75.2 Å². The lowest BCUT2D eigenvalue weighted by Crippen LogP contribution is -2.41. The molecule has 10 heteroatoms. The quantitative estimate of drug-likeness (QED) is 0.747. The van der Waals surface area contributed by atoms with Crippen LogP contribution in [0.5, 0.6) is 0 Å². The molecule has 0 spiro atoms. The summed E-state index contributed by atoms with van der Waals surface area (Å²) >= 11 is 1.11. The van der Waals surface area contributed by atoms with E-state index in [4.69, 9.17) is 0 Å². The van der Waals surface area contributed by atoms with Crippen molar-refractivity contribution in [2.45, 2.75) is 38.8 Å². The molecule has 1 N–H and O–H groups in total. The number of carbonyl (C=O) groups is 2. The summed E-state index contributed by atoms with van der Waals surface area (Å²) < 4.78 is 41.5. The zero-order valence-electron chi connectivity index (χ0n) is 16.5. The number of aromatic nitrogens is 2. The van der Waals surface area contributed by atoms with Crippen molar-refractivity contribution in [2.24, 2.45) is 5.92 Å². The number of rotatable bonds is 6. The first-order chi connectivity index (χ1) is 14.2. The second-order valence-corrected chi connectivity index (χ2v) is 8.18. The van der Waals surface area contributed by atoms with Crippen molar-refractivity contribution < 1.29 is 22.8 Å². The fourth-order valence-electron chi connectivity index (χ4n) is 3.38. The highest BCUT2D eigenvalue weighted by Gasteiger charge is 2.30. The lowest BCUT2D eigenvalue weighted by Gasteiger charge is -2.31. The number of likely N-dealkylation sites (tertiary alicyclic amines) is 1. The first kappa shape index (κ1) is 22.2. The van der Waals surface area contributed by atoms with Crippen molar-refractivity contribution in [3.05, 3.63) is 46.0 Å². The fraction of sp³-hybridized carbons (Fsp3) is 0.500. The SMILES string of the molecule is Cc1nnsc1C(=O)N1CCC(CNC(=O)CCc2ccc(C(F)(F)F)cc2)CC1. The van der Waals surface area contributed by atoms with Gasteiger partial charge in [0.15, 0.2) is 0 Å². The molecule has 2 heterocycles. The molecule has 162 valence electrons. The molecule has 2 amide bonds. The van der Waals surface area contributed by atoms with Gasteiger partial charge in [-0.25, -0.2) is 0 Å². The van der Waals surface area contributed by atoms with Gasteiger partial charge in [0.05, 0.1) is 11.3 Å². The van der Waals surface area contributed by atoms with E-state index in [0.29, 0.717) is 48.1 Å². The van der Waals surface area contributed by atoms with Crippen molar-refractivity contribution in [3.63, 3.8) is 0 Å². The number of benzene rings is 1. The van der Waals surface area contributed by atoms with E-state index in [2.05, 4.69) is 14.9 Å². The van der Waals surface area contributed by atoms with Crippen LogP contribution >= 0.6 is 11.5 Å². The van der Waals surface area contributed by atoms with Crippen LogP contribution in [0.1, 0.15) is 45.8 Å². The summed E-state index contributed by atoms with van der Waals surface area (Å²) in [6.07, 6.45) is -2.14. The Morgan fingerprint density at radius 1 is 1.20 bits per heavy atom. The number of nitrogens with one attached hydrogen (secondary N) is 1. The monoisotopic (exact) mass is 440 g/mol. The Balaban J connectivity index is 1.37. The van der Waals surface area contributed by atoms with Gasteiger partial charge < -0.3 is 10.2 Å². The number of aryl methyl sites for hydroxylation is 2. The molecule has 0 atom stereocenters. The van der Waals surface area contributed by atoms with E-state index in [1.165, 1.54) is 12.1 Å². The molecule has 1 aromatic carbocycles. The van der Waals surface area contributed by atoms with E-state index in [9.17, 15) is 22.8 Å². The lowest BCUT2D eigenvalue weighted by atomic mass is 9.96. The molecule has 1 aliphatic heterocycles. The van der Waals surface area contributed by atoms with Crippen LogP contribution in [0, 0.1) is 12.8 Å². The van der Waals surface area contributed by atoms with E-state index < -0.39 is 11.7 Å². The Hall–Kier alpha value is -2.49. The second-order valence-electron chi connectivity index (χ2n) is 7.42. The van der Waals surface area contributed by atoms with Crippen LogP contribution in [0.4, 0.5) is 13.2 Å². The molecular weight excluding hydrogens is 417 g/mol. The van der Waals surface area contributed by atoms with Crippen LogP contribution in [-0.4, -0.2) is 45.9 Å². The van der Waals surface area contributed by atoms with E-state index in [1.54, 1.807) is 11.8 Å². The molecule has 30 heavy (non-hydrogen) atoms. The van der Waals surface area contributed by atoms with Gasteiger partial charge in [-0.3, -0.25) is 9.59 Å². The Morgan fingerprint density at radius 3 is 2.43 bits per heavy atom. The van der Waals surface area contributed by atoms with Crippen molar-refractivity contribution in [2.75, 3.05) is 19.6 Å². The van der Waals surface area contributed by atoms with Gasteiger partial charge in [-0.05, 0) is 61.3 Å². The van der Waals surface area contributed by atoms with Crippen molar-refractivity contribution in [1.82, 2.24) is 19.8 Å². The Bertz CT molecular complexity index is 875. The molecule has 0 unspecified atom stereocenters. The minimum Gasteiger partial charge on any atom is -0.356 e. The maximum Gasteiger partial charge on any atom is 0.416 e. The average molecular weight is 440 g/mol. The molecule has 0 saturated carbocycles. The third kappa shape index (κ3) is 5.78. The summed E-state index contributed by atoms with van der Waals surface area (Å²) in [6, 6.07) is 4.88. The molecule has 6 nitrogen and oxygen atoms in total. The highest BCUT2D eigenvalue weighted by molar-refractivity contribution is 7.07. The first-order valence-electron chi connectivity index (χ1n) is 9.75. The van der Waals surface area contributed by atoms with Crippen LogP contribution in [-0.2, 0) is 17.4 Å². The van der Waals surface area contributed by atoms with Crippen LogP contribution in [0.3, 0.4) is 0 Å². The smallest absolute Gasteiger partial charge is 0.356 e. The highest BCUT2D eigenvalue weighted by atomic mass is 32.1. The van der Waals surface area contributed by atoms with Crippen LogP contribution < -0.4 is 5.32 Å². The summed E-state index contributed by atoms with van der Waals surface area (Å²) in [5.74, 6) is 0.131. The van der Waals surface area contributed by atoms with Gasteiger partial charge in [-0.15, -0.1) is 5.10 Å². The largest absolute Gasteiger partial charge is 0.416 e. The van der Waals surface area contributed by atoms with E-state index in [0.717, 1.165) is 36.5 Å². The molecule has 1 saturated heterocycles. The minimum absolute atomic E-state index is 0.0403. The number of hydrogen-bond acceptors (Lipinski definition) is 5. The molecule has 0 radical (unpaired) electrons. The van der Waals surface area contributed by atoms with Gasteiger partial charge in [0, 0.05) is 26.1 Å². The maximum atomic E-state index is 12.6. The number of amides is 2. The number of nitrogens with zero attached hydrogens (tertiary/aromatic N) is 3. The van der Waals surface area contributed by atoms with Crippen molar-refractivity contribution >= 4 is 23.3 Å². The van der Waals surface area contributed by atoms with Crippen molar-refractivity contribution in [1.29, 1.82) is 0 Å². The summed E-state index contributed by atoms with van der Waals surface area (Å²) in [6.45, 7) is 3.56. The molecule has 0 bridgehead atoms. The number of piperidine rings is 1. The Labute approximate surface area is 176 Å². The number of hydrogen-bond donors (Lipinski definition) is 1. The normalized spacial score (nSPS) is 15.3. The van der Waals surface area contributed by atoms with Crippen LogP contribution in [0.25, 0.3) is 0 Å². The van der Waals surface area contributed by atoms with Gasteiger partial charge >= 0.3 is 6.18 Å². The molecule has 1 fully saturated rings. The molecule has 1 aliphatic rings. The number of alkyl halides is 3. The fourth-order valence-corrected chi connectivity index (χ4v) is 4.00. The zero-order chi connectivity index (χ0) is 21.7. The second kappa shape index (κ2) is 9.55. The molecule has 0 aliphatic carbocycles. The maximum absolute atomic E-state index is 12.6. The van der Waals surface area contributed by atoms with Crippen LogP contribution in [0.2, 0.25) is 0 Å². The summed E-state index contributed by atoms with van der Waals surface area (Å²) in [5, 5.41) is 6.77. The summed E-state index contributed by atoms with van der Waals surface area (Å²) in [7, 11) is 0. The number of halogens is 3. The molecule has 2 aromatic rings. The first-order valence-corrected chi connectivity index (χ1v) is 10.5. The third-order valence-corrected chi connectivity index (χ3v) is 6.07. The molecule has 1 aromatic heterocycles. The third-order valence-electron chi connectivity index (χ3n) is 5.26. The number of carbonyl (C=O) groups excluding carboxylic acids is 2. The van der Waals surface area contributed by atoms with E-state index in [1.807, 2.05) is 0 Å².